The first-order valence-electron chi connectivity index (χ1n) is 9.24. The minimum absolute atomic E-state index is 0.0486. The summed E-state index contributed by atoms with van der Waals surface area (Å²) in [5, 5.41) is 14.2. The van der Waals surface area contributed by atoms with Crippen LogP contribution in [0.1, 0.15) is 5.56 Å². The maximum atomic E-state index is 12.2. The molecule has 0 fully saturated rings. The maximum absolute atomic E-state index is 12.2. The number of carbonyl (C=O) groups excluding carboxylic acids is 1. The second-order valence-electron chi connectivity index (χ2n) is 6.60. The number of carbonyl (C=O) groups is 1. The Kier molecular flexibility index (Phi) is 5.89. The number of pyridine rings is 1. The van der Waals surface area contributed by atoms with Crippen molar-refractivity contribution in [2.75, 3.05) is 11.9 Å². The number of fused-ring (bicyclic) bond motifs is 1. The van der Waals surface area contributed by atoms with Crippen LogP contribution in [0.25, 0.3) is 11.0 Å². The molecule has 1 amide bonds. The molecule has 0 atom stereocenters. The van der Waals surface area contributed by atoms with Crippen LogP contribution >= 0.6 is 11.3 Å². The van der Waals surface area contributed by atoms with Crippen molar-refractivity contribution >= 4 is 49.9 Å². The van der Waals surface area contributed by atoms with E-state index in [0.29, 0.717) is 23.7 Å². The van der Waals surface area contributed by atoms with Gasteiger partial charge >= 0.3 is 6.09 Å². The second-order valence-corrected chi connectivity index (χ2v) is 9.04. The fraction of sp³-hybridized carbons (Fsp3) is 0.100. The SMILES string of the molecule is NS(=O)(=O)c1ccc(CCNC(=O)Oc2sccc2Nc2ccnc3[nH]ccc23)cc1. The molecule has 0 bridgehead atoms. The Morgan fingerprint density at radius 3 is 2.71 bits per heavy atom. The van der Waals surface area contributed by atoms with E-state index in [1.807, 2.05) is 29.8 Å². The van der Waals surface area contributed by atoms with Crippen LogP contribution in [-0.4, -0.2) is 31.0 Å². The van der Waals surface area contributed by atoms with Gasteiger partial charge in [0, 0.05) is 24.3 Å². The summed E-state index contributed by atoms with van der Waals surface area (Å²) in [6, 6.07) is 11.8. The monoisotopic (exact) mass is 457 g/mol. The number of H-pyrrole nitrogens is 1. The van der Waals surface area contributed by atoms with Gasteiger partial charge in [0.1, 0.15) is 5.65 Å². The van der Waals surface area contributed by atoms with Crippen LogP contribution < -0.4 is 20.5 Å². The molecule has 1 aromatic carbocycles. The molecule has 3 heterocycles. The lowest BCUT2D eigenvalue weighted by Crippen LogP contribution is -2.28. The van der Waals surface area contributed by atoms with Gasteiger partial charge in [-0.25, -0.2) is 23.3 Å². The normalized spacial score (nSPS) is 11.4. The molecule has 0 unspecified atom stereocenters. The quantitative estimate of drug-likeness (QED) is 0.336. The van der Waals surface area contributed by atoms with E-state index < -0.39 is 16.1 Å². The molecule has 0 saturated carbocycles. The molecule has 3 aromatic heterocycles. The molecule has 0 radical (unpaired) electrons. The summed E-state index contributed by atoms with van der Waals surface area (Å²) in [4.78, 5) is 19.6. The van der Waals surface area contributed by atoms with Gasteiger partial charge in [0.2, 0.25) is 15.1 Å². The number of sulfonamides is 1. The van der Waals surface area contributed by atoms with Crippen molar-refractivity contribution in [2.24, 2.45) is 5.14 Å². The van der Waals surface area contributed by atoms with Crippen molar-refractivity contribution in [3.8, 4) is 5.06 Å². The lowest BCUT2D eigenvalue weighted by molar-refractivity contribution is 0.202. The third kappa shape index (κ3) is 5.02. The van der Waals surface area contributed by atoms with Crippen molar-refractivity contribution in [1.29, 1.82) is 0 Å². The third-order valence-corrected chi connectivity index (χ3v) is 6.20. The largest absolute Gasteiger partial charge is 0.413 e. The van der Waals surface area contributed by atoms with Crippen LogP contribution in [-0.2, 0) is 16.4 Å². The highest BCUT2D eigenvalue weighted by atomic mass is 32.2. The van der Waals surface area contributed by atoms with Gasteiger partial charge in [0.15, 0.2) is 0 Å². The summed E-state index contributed by atoms with van der Waals surface area (Å²) in [7, 11) is -3.72. The van der Waals surface area contributed by atoms with Crippen LogP contribution in [0.3, 0.4) is 0 Å². The number of anilines is 2. The summed E-state index contributed by atoms with van der Waals surface area (Å²) < 4.78 is 28.0. The topological polar surface area (TPSA) is 139 Å². The number of rotatable bonds is 7. The van der Waals surface area contributed by atoms with Gasteiger partial charge in [0.05, 0.1) is 16.3 Å². The van der Waals surface area contributed by atoms with Gasteiger partial charge in [0.25, 0.3) is 0 Å². The minimum atomic E-state index is -3.72. The predicted octanol–water partition coefficient (Wildman–Crippen LogP) is 3.35. The molecule has 0 aliphatic heterocycles. The van der Waals surface area contributed by atoms with E-state index in [0.717, 1.165) is 22.3 Å². The average molecular weight is 458 g/mol. The van der Waals surface area contributed by atoms with E-state index in [-0.39, 0.29) is 4.90 Å². The summed E-state index contributed by atoms with van der Waals surface area (Å²) in [5.74, 6) is 0. The minimum Gasteiger partial charge on any atom is -0.397 e. The van der Waals surface area contributed by atoms with E-state index >= 15 is 0 Å². The number of aromatic nitrogens is 2. The molecular weight excluding hydrogens is 438 g/mol. The third-order valence-electron chi connectivity index (χ3n) is 4.48. The second kappa shape index (κ2) is 8.76. The van der Waals surface area contributed by atoms with Gasteiger partial charge in [-0.15, -0.1) is 11.3 Å². The summed E-state index contributed by atoms with van der Waals surface area (Å²) in [5.41, 5.74) is 3.14. The van der Waals surface area contributed by atoms with Crippen molar-refractivity contribution < 1.29 is 17.9 Å². The van der Waals surface area contributed by atoms with E-state index in [2.05, 4.69) is 20.6 Å². The van der Waals surface area contributed by atoms with E-state index in [4.69, 9.17) is 9.88 Å². The van der Waals surface area contributed by atoms with Gasteiger partial charge < -0.3 is 20.4 Å². The predicted molar refractivity (Wildman–Crippen MR) is 119 cm³/mol. The maximum Gasteiger partial charge on any atom is 0.413 e. The highest BCUT2D eigenvalue weighted by Gasteiger charge is 2.13. The van der Waals surface area contributed by atoms with E-state index in [1.165, 1.54) is 23.5 Å². The Hall–Kier alpha value is -3.41. The molecule has 4 aromatic rings. The number of primary sulfonamides is 1. The molecule has 31 heavy (non-hydrogen) atoms. The molecule has 9 nitrogen and oxygen atoms in total. The molecule has 0 aliphatic rings. The van der Waals surface area contributed by atoms with Crippen molar-refractivity contribution in [1.82, 2.24) is 15.3 Å². The van der Waals surface area contributed by atoms with Gasteiger partial charge in [-0.1, -0.05) is 12.1 Å². The number of benzene rings is 1. The Bertz CT molecular complexity index is 1310. The van der Waals surface area contributed by atoms with Crippen LogP contribution in [0.4, 0.5) is 16.2 Å². The first kappa shape index (κ1) is 20.8. The number of aromatic amines is 1. The molecule has 0 spiro atoms. The van der Waals surface area contributed by atoms with Gasteiger partial charge in [-0.2, -0.15) is 0 Å². The molecule has 0 aliphatic carbocycles. The number of nitrogens with zero attached hydrogens (tertiary/aromatic N) is 1. The number of nitrogens with one attached hydrogen (secondary N) is 3. The summed E-state index contributed by atoms with van der Waals surface area (Å²) in [6.45, 7) is 0.329. The van der Waals surface area contributed by atoms with Gasteiger partial charge in [-0.05, 0) is 47.7 Å². The highest BCUT2D eigenvalue weighted by Crippen LogP contribution is 2.35. The standard InChI is InChI=1S/C20H19N5O4S2/c21-31(27,28)14-3-1-13(2-4-14)5-9-24-20(26)29-19-17(8-12-30-19)25-16-7-11-23-18-15(16)6-10-22-18/h1-4,6-8,10-12H,5,9H2,(H,24,26)(H2,21,27,28)(H2,22,23,25). The highest BCUT2D eigenvalue weighted by molar-refractivity contribution is 7.89. The number of hydrogen-bond donors (Lipinski definition) is 4. The zero-order chi connectivity index (χ0) is 21.8. The Labute approximate surface area is 182 Å². The lowest BCUT2D eigenvalue weighted by Gasteiger charge is -2.10. The molecular formula is C20H19N5O4S2. The Morgan fingerprint density at radius 1 is 1.13 bits per heavy atom. The van der Waals surface area contributed by atoms with Crippen molar-refractivity contribution in [3.05, 3.63) is 65.8 Å². The Morgan fingerprint density at radius 2 is 1.94 bits per heavy atom. The number of ether oxygens (including phenoxy) is 1. The fourth-order valence-electron chi connectivity index (χ4n) is 2.96. The Balaban J connectivity index is 1.33. The zero-order valence-electron chi connectivity index (χ0n) is 16.2. The van der Waals surface area contributed by atoms with Crippen molar-refractivity contribution in [3.63, 3.8) is 0 Å². The van der Waals surface area contributed by atoms with Crippen LogP contribution in [0.2, 0.25) is 0 Å². The molecule has 5 N–H and O–H groups in total. The summed E-state index contributed by atoms with van der Waals surface area (Å²) >= 11 is 1.30. The molecule has 160 valence electrons. The van der Waals surface area contributed by atoms with E-state index in [9.17, 15) is 13.2 Å². The molecule has 4 rings (SSSR count). The number of amides is 1. The first-order chi connectivity index (χ1) is 14.9. The average Bonchev–Trinajstić information content (AvgIpc) is 3.38. The van der Waals surface area contributed by atoms with Crippen LogP contribution in [0, 0.1) is 0 Å². The first-order valence-corrected chi connectivity index (χ1v) is 11.7. The zero-order valence-corrected chi connectivity index (χ0v) is 17.8. The van der Waals surface area contributed by atoms with Crippen LogP contribution in [0.5, 0.6) is 5.06 Å². The van der Waals surface area contributed by atoms with Gasteiger partial charge in [-0.3, -0.25) is 0 Å². The fourth-order valence-corrected chi connectivity index (χ4v) is 4.17. The number of nitrogens with two attached hydrogens (primary N) is 1. The summed E-state index contributed by atoms with van der Waals surface area (Å²) in [6.07, 6.45) is 3.44. The van der Waals surface area contributed by atoms with E-state index in [1.54, 1.807) is 18.3 Å². The molecule has 0 saturated heterocycles. The number of thiophene rings is 1. The lowest BCUT2D eigenvalue weighted by atomic mass is 10.1. The van der Waals surface area contributed by atoms with Crippen molar-refractivity contribution in [2.45, 2.75) is 11.3 Å². The molecule has 11 heteroatoms. The van der Waals surface area contributed by atoms with Crippen LogP contribution in [0.15, 0.2) is 65.1 Å². The number of hydrogen-bond acceptors (Lipinski definition) is 7. The smallest absolute Gasteiger partial charge is 0.397 e.